The predicted molar refractivity (Wildman–Crippen MR) is 119 cm³/mol. The second-order valence-electron chi connectivity index (χ2n) is 9.53. The van der Waals surface area contributed by atoms with Crippen LogP contribution < -0.4 is 4.74 Å². The van der Waals surface area contributed by atoms with E-state index in [-0.39, 0.29) is 5.92 Å². The molecule has 2 aliphatic rings. The molecule has 0 aliphatic heterocycles. The van der Waals surface area contributed by atoms with Crippen LogP contribution in [-0.4, -0.2) is 6.36 Å². The number of fused-ring (bicyclic) bond motifs is 1. The first-order chi connectivity index (χ1) is 15.3. The highest BCUT2D eigenvalue weighted by molar-refractivity contribution is 5.41. The molecule has 2 aromatic rings. The van der Waals surface area contributed by atoms with Crippen LogP contribution >= 0.6 is 0 Å². The van der Waals surface area contributed by atoms with Gasteiger partial charge in [0.05, 0.1) is 0 Å². The molecule has 1 saturated carbocycles. The lowest BCUT2D eigenvalue weighted by molar-refractivity contribution is -0.275. The van der Waals surface area contributed by atoms with Crippen LogP contribution in [0.4, 0.5) is 17.6 Å². The molecule has 174 valence electrons. The van der Waals surface area contributed by atoms with E-state index in [9.17, 15) is 17.6 Å². The third kappa shape index (κ3) is 5.47. The molecule has 5 heteroatoms. The number of alkyl halides is 3. The molecule has 0 bridgehead atoms. The van der Waals surface area contributed by atoms with Gasteiger partial charge in [-0.2, -0.15) is 0 Å². The fourth-order valence-electron chi connectivity index (χ4n) is 5.59. The summed E-state index contributed by atoms with van der Waals surface area (Å²) in [5.74, 6) is 0.201. The van der Waals surface area contributed by atoms with Crippen molar-refractivity contribution in [3.05, 3.63) is 64.5 Å². The number of halogens is 4. The van der Waals surface area contributed by atoms with Crippen LogP contribution in [0.3, 0.4) is 0 Å². The molecule has 0 aromatic heterocycles. The van der Waals surface area contributed by atoms with Crippen LogP contribution in [0.5, 0.6) is 5.75 Å². The molecule has 32 heavy (non-hydrogen) atoms. The normalized spacial score (nSPS) is 23.6. The summed E-state index contributed by atoms with van der Waals surface area (Å²) in [7, 11) is 0. The highest BCUT2D eigenvalue weighted by Gasteiger charge is 2.34. The maximum Gasteiger partial charge on any atom is 0.573 e. The van der Waals surface area contributed by atoms with Gasteiger partial charge in [0, 0.05) is 0 Å². The first-order valence-corrected chi connectivity index (χ1v) is 12.0. The summed E-state index contributed by atoms with van der Waals surface area (Å²) in [6.07, 6.45) is 6.09. The lowest BCUT2D eigenvalue weighted by Gasteiger charge is -2.29. The first-order valence-electron chi connectivity index (χ1n) is 12.0. The maximum absolute atomic E-state index is 14.5. The minimum atomic E-state index is -4.89. The second kappa shape index (κ2) is 9.84. The van der Waals surface area contributed by atoms with Gasteiger partial charge >= 0.3 is 6.36 Å². The maximum atomic E-state index is 14.5. The van der Waals surface area contributed by atoms with Crippen molar-refractivity contribution in [2.45, 2.75) is 89.3 Å². The fourth-order valence-corrected chi connectivity index (χ4v) is 5.59. The van der Waals surface area contributed by atoms with E-state index in [4.69, 9.17) is 0 Å². The zero-order chi connectivity index (χ0) is 22.7. The summed E-state index contributed by atoms with van der Waals surface area (Å²) < 4.78 is 55.8. The van der Waals surface area contributed by atoms with Gasteiger partial charge in [-0.25, -0.2) is 4.39 Å². The molecule has 0 spiro atoms. The molecule has 1 atom stereocenters. The summed E-state index contributed by atoms with van der Waals surface area (Å²) in [5.41, 5.74) is 3.79. The number of benzene rings is 2. The van der Waals surface area contributed by atoms with Gasteiger partial charge in [-0.1, -0.05) is 56.5 Å². The summed E-state index contributed by atoms with van der Waals surface area (Å²) in [5, 5.41) is 0. The summed E-state index contributed by atoms with van der Waals surface area (Å²) in [4.78, 5) is 0. The molecule has 2 aliphatic carbocycles. The van der Waals surface area contributed by atoms with E-state index in [1.807, 2.05) is 0 Å². The predicted octanol–water partition coefficient (Wildman–Crippen LogP) is 8.46. The summed E-state index contributed by atoms with van der Waals surface area (Å²) in [6.45, 7) is 2.26. The zero-order valence-electron chi connectivity index (χ0n) is 18.7. The highest BCUT2D eigenvalue weighted by atomic mass is 19.4. The molecule has 4 rings (SSSR count). The van der Waals surface area contributed by atoms with Crippen LogP contribution in [0.2, 0.25) is 0 Å². The van der Waals surface area contributed by atoms with E-state index in [0.717, 1.165) is 24.0 Å². The van der Waals surface area contributed by atoms with E-state index in [2.05, 4.69) is 35.9 Å². The monoisotopic (exact) mass is 448 g/mol. The number of ether oxygens (including phenoxy) is 1. The molecule has 1 fully saturated rings. The van der Waals surface area contributed by atoms with Crippen molar-refractivity contribution in [3.8, 4) is 5.75 Å². The van der Waals surface area contributed by atoms with Crippen molar-refractivity contribution in [1.29, 1.82) is 0 Å². The Balaban J connectivity index is 1.38. The smallest absolute Gasteiger partial charge is 0.403 e. The standard InChI is InChI=1S/C27H32F4O/c1-2-3-4-18-5-7-19(8-6-18)20-9-11-21(12-10-20)22-13-15-24-23(17-22)14-16-25(26(24)28)32-27(29,30)31/h9-12,14,16,18-19,22H,2-8,13,15,17H2,1H3. The first kappa shape index (κ1) is 23.1. The summed E-state index contributed by atoms with van der Waals surface area (Å²) in [6, 6.07) is 11.6. The Bertz CT molecular complexity index is 895. The largest absolute Gasteiger partial charge is 0.573 e. The number of rotatable bonds is 6. The van der Waals surface area contributed by atoms with Crippen molar-refractivity contribution < 1.29 is 22.3 Å². The molecule has 0 saturated heterocycles. The van der Waals surface area contributed by atoms with Gasteiger partial charge < -0.3 is 4.74 Å². The van der Waals surface area contributed by atoms with Gasteiger partial charge in [0.25, 0.3) is 0 Å². The van der Waals surface area contributed by atoms with Crippen molar-refractivity contribution in [1.82, 2.24) is 0 Å². The van der Waals surface area contributed by atoms with Crippen LogP contribution in [0.1, 0.15) is 92.4 Å². The fraction of sp³-hybridized carbons (Fsp3) is 0.556. The Morgan fingerprint density at radius 3 is 2.16 bits per heavy atom. The van der Waals surface area contributed by atoms with Crippen molar-refractivity contribution in [2.75, 3.05) is 0 Å². The number of hydrogen-bond donors (Lipinski definition) is 0. The highest BCUT2D eigenvalue weighted by Crippen LogP contribution is 2.40. The van der Waals surface area contributed by atoms with Crippen molar-refractivity contribution >= 4 is 0 Å². The Labute approximate surface area is 188 Å². The Morgan fingerprint density at radius 1 is 0.875 bits per heavy atom. The van der Waals surface area contributed by atoms with E-state index in [1.54, 1.807) is 6.07 Å². The molecule has 0 heterocycles. The Hall–Kier alpha value is -2.04. The minimum Gasteiger partial charge on any atom is -0.403 e. The van der Waals surface area contributed by atoms with Crippen LogP contribution in [0.15, 0.2) is 36.4 Å². The van der Waals surface area contributed by atoms with Gasteiger partial charge in [-0.3, -0.25) is 0 Å². The third-order valence-electron chi connectivity index (χ3n) is 7.43. The molecule has 0 N–H and O–H groups in total. The molecular formula is C27H32F4O. The second-order valence-corrected chi connectivity index (χ2v) is 9.53. The molecule has 0 radical (unpaired) electrons. The van der Waals surface area contributed by atoms with Crippen LogP contribution in [0.25, 0.3) is 0 Å². The topological polar surface area (TPSA) is 9.23 Å². The number of hydrogen-bond acceptors (Lipinski definition) is 1. The molecule has 2 aromatic carbocycles. The van der Waals surface area contributed by atoms with Gasteiger partial charge in [0.1, 0.15) is 0 Å². The minimum absolute atomic E-state index is 0.259. The zero-order valence-corrected chi connectivity index (χ0v) is 18.7. The van der Waals surface area contributed by atoms with Gasteiger partial charge in [0.2, 0.25) is 0 Å². The van der Waals surface area contributed by atoms with Gasteiger partial charge in [-0.05, 0) is 91.0 Å². The lowest BCUT2D eigenvalue weighted by atomic mass is 9.76. The van der Waals surface area contributed by atoms with E-state index >= 15 is 0 Å². The van der Waals surface area contributed by atoms with Gasteiger partial charge in [-0.15, -0.1) is 13.2 Å². The van der Waals surface area contributed by atoms with E-state index in [0.29, 0.717) is 24.3 Å². The van der Waals surface area contributed by atoms with E-state index in [1.165, 1.54) is 56.1 Å². The third-order valence-corrected chi connectivity index (χ3v) is 7.43. The molecular weight excluding hydrogens is 416 g/mol. The Morgan fingerprint density at radius 2 is 1.53 bits per heavy atom. The lowest BCUT2D eigenvalue weighted by Crippen LogP contribution is -2.20. The van der Waals surface area contributed by atoms with Gasteiger partial charge in [0.15, 0.2) is 11.6 Å². The van der Waals surface area contributed by atoms with Crippen molar-refractivity contribution in [2.24, 2.45) is 5.92 Å². The van der Waals surface area contributed by atoms with E-state index < -0.39 is 17.9 Å². The number of unbranched alkanes of at least 4 members (excludes halogenated alkanes) is 1. The quantitative estimate of drug-likeness (QED) is 0.403. The SMILES string of the molecule is CCCCC1CCC(c2ccc(C3CCc4c(ccc(OC(F)(F)F)c4F)C3)cc2)CC1. The Kier molecular flexibility index (Phi) is 7.11. The van der Waals surface area contributed by atoms with Crippen LogP contribution in [0, 0.1) is 11.7 Å². The molecule has 0 amide bonds. The summed E-state index contributed by atoms with van der Waals surface area (Å²) >= 11 is 0. The molecule has 1 nitrogen and oxygen atoms in total. The van der Waals surface area contributed by atoms with Crippen molar-refractivity contribution in [3.63, 3.8) is 0 Å². The average Bonchev–Trinajstić information content (AvgIpc) is 2.79. The van der Waals surface area contributed by atoms with Crippen LogP contribution in [-0.2, 0) is 12.8 Å². The molecule has 1 unspecified atom stereocenters. The average molecular weight is 449 g/mol.